The summed E-state index contributed by atoms with van der Waals surface area (Å²) in [7, 11) is 1.70. The van der Waals surface area contributed by atoms with Crippen LogP contribution in [-0.4, -0.2) is 105 Å². The number of carbonyl (C=O) groups excluding carboxylic acids is 2. The molecule has 0 radical (unpaired) electrons. The lowest BCUT2D eigenvalue weighted by molar-refractivity contribution is -0.139. The van der Waals surface area contributed by atoms with Gasteiger partial charge in [-0.05, 0) is 23.3 Å². The number of ether oxygens (including phenoxy) is 2. The predicted octanol–water partition coefficient (Wildman–Crippen LogP) is -0.889. The van der Waals surface area contributed by atoms with Gasteiger partial charge in [0, 0.05) is 33.3 Å². The molecule has 2 fully saturated rings. The third-order valence-electron chi connectivity index (χ3n) is 5.42. The summed E-state index contributed by atoms with van der Waals surface area (Å²) < 4.78 is 12.4. The van der Waals surface area contributed by atoms with Crippen molar-refractivity contribution in [3.05, 3.63) is 18.1 Å². The zero-order valence-electron chi connectivity index (χ0n) is 16.2. The Kier molecular flexibility index (Phi) is 5.81. The van der Waals surface area contributed by atoms with E-state index in [0.717, 1.165) is 12.8 Å². The van der Waals surface area contributed by atoms with Crippen LogP contribution in [0.1, 0.15) is 23.2 Å². The first-order valence-corrected chi connectivity index (χ1v) is 9.62. The van der Waals surface area contributed by atoms with Gasteiger partial charge in [0.15, 0.2) is 5.82 Å². The molecule has 0 saturated carbocycles. The summed E-state index contributed by atoms with van der Waals surface area (Å²) in [5.74, 6) is -0.239. The minimum Gasteiger partial charge on any atom is -0.381 e. The van der Waals surface area contributed by atoms with E-state index in [1.54, 1.807) is 12.0 Å². The molecule has 0 spiro atoms. The molecule has 1 unspecified atom stereocenters. The monoisotopic (exact) mass is 404 g/mol. The Bertz CT molecular complexity index is 830. The number of likely N-dealkylation sites (tertiary alicyclic amines) is 1. The van der Waals surface area contributed by atoms with E-state index in [9.17, 15) is 9.59 Å². The molecule has 2 aliphatic heterocycles. The number of aromatic nitrogens is 6. The van der Waals surface area contributed by atoms with Gasteiger partial charge in [0.2, 0.25) is 5.91 Å². The molecule has 1 N–H and O–H groups in total. The van der Waals surface area contributed by atoms with Gasteiger partial charge in [-0.25, -0.2) is 0 Å². The molecule has 1 atom stereocenters. The number of aromatic amines is 1. The van der Waals surface area contributed by atoms with Crippen LogP contribution in [0.5, 0.6) is 0 Å². The fourth-order valence-electron chi connectivity index (χ4n) is 3.76. The van der Waals surface area contributed by atoms with Crippen molar-refractivity contribution in [3.8, 4) is 5.82 Å². The lowest BCUT2D eigenvalue weighted by Crippen LogP contribution is -2.47. The fraction of sp³-hybridized carbons (Fsp3) is 0.647. The maximum Gasteiger partial charge on any atom is 0.259 e. The molecule has 4 heterocycles. The van der Waals surface area contributed by atoms with Crippen molar-refractivity contribution in [1.29, 1.82) is 0 Å². The normalized spacial score (nSPS) is 21.2. The summed E-state index contributed by atoms with van der Waals surface area (Å²) in [5, 5.41) is 17.7. The molecule has 2 saturated heterocycles. The van der Waals surface area contributed by atoms with E-state index in [0.29, 0.717) is 50.8 Å². The average molecular weight is 404 g/mol. The summed E-state index contributed by atoms with van der Waals surface area (Å²) in [4.78, 5) is 29.7. The van der Waals surface area contributed by atoms with Crippen LogP contribution in [0, 0.1) is 5.92 Å². The summed E-state index contributed by atoms with van der Waals surface area (Å²) in [6.07, 6.45) is 4.67. The van der Waals surface area contributed by atoms with Gasteiger partial charge in [0.25, 0.3) is 5.91 Å². The molecule has 156 valence electrons. The topological polar surface area (TPSA) is 131 Å². The van der Waals surface area contributed by atoms with Crippen LogP contribution in [0.3, 0.4) is 0 Å². The molecule has 0 aromatic carbocycles. The molecule has 2 aromatic rings. The van der Waals surface area contributed by atoms with Crippen molar-refractivity contribution in [3.63, 3.8) is 0 Å². The van der Waals surface area contributed by atoms with Gasteiger partial charge in [-0.15, -0.1) is 5.10 Å². The van der Waals surface area contributed by atoms with E-state index in [-0.39, 0.29) is 17.9 Å². The third kappa shape index (κ3) is 4.12. The van der Waals surface area contributed by atoms with Crippen LogP contribution < -0.4 is 0 Å². The SMILES string of the molecule is COC1CCN(C(=O)C2COCCN(C(=O)c3cn[nH]c3-n3cnnn3)C2)CC1. The maximum absolute atomic E-state index is 13.1. The molecule has 29 heavy (non-hydrogen) atoms. The van der Waals surface area contributed by atoms with E-state index in [1.165, 1.54) is 17.2 Å². The van der Waals surface area contributed by atoms with Gasteiger partial charge in [0.1, 0.15) is 11.9 Å². The van der Waals surface area contributed by atoms with Crippen LogP contribution in [-0.2, 0) is 14.3 Å². The lowest BCUT2D eigenvalue weighted by atomic mass is 10.0. The van der Waals surface area contributed by atoms with Gasteiger partial charge in [0.05, 0.1) is 31.4 Å². The van der Waals surface area contributed by atoms with Crippen LogP contribution in [0.15, 0.2) is 12.5 Å². The van der Waals surface area contributed by atoms with Gasteiger partial charge >= 0.3 is 0 Å². The average Bonchev–Trinajstić information content (AvgIpc) is 3.40. The Morgan fingerprint density at radius 3 is 2.79 bits per heavy atom. The maximum atomic E-state index is 13.1. The third-order valence-corrected chi connectivity index (χ3v) is 5.42. The van der Waals surface area contributed by atoms with Crippen molar-refractivity contribution in [2.75, 3.05) is 46.5 Å². The molecule has 4 rings (SSSR count). The second-order valence-corrected chi connectivity index (χ2v) is 7.17. The first kappa shape index (κ1) is 19.5. The molecule has 12 nitrogen and oxygen atoms in total. The molecule has 2 aromatic heterocycles. The van der Waals surface area contributed by atoms with Crippen LogP contribution >= 0.6 is 0 Å². The summed E-state index contributed by atoms with van der Waals surface area (Å²) in [6, 6.07) is 0. The Hall–Kier alpha value is -2.86. The number of H-pyrrole nitrogens is 1. The van der Waals surface area contributed by atoms with E-state index in [1.807, 2.05) is 4.90 Å². The van der Waals surface area contributed by atoms with Crippen molar-refractivity contribution in [2.45, 2.75) is 18.9 Å². The molecule has 2 aliphatic rings. The van der Waals surface area contributed by atoms with E-state index in [4.69, 9.17) is 9.47 Å². The standard InChI is InChI=1S/C17H24N8O4/c1-28-13-2-4-23(5-3-13)16(26)12-9-24(6-7-29-10-12)17(27)14-8-18-20-15(14)25-11-19-21-22-25/h8,11-13H,2-7,9-10H2,1H3,(H,18,20). The number of methoxy groups -OCH3 is 1. The highest BCUT2D eigenvalue weighted by Crippen LogP contribution is 2.19. The quantitative estimate of drug-likeness (QED) is 0.694. The smallest absolute Gasteiger partial charge is 0.259 e. The van der Waals surface area contributed by atoms with Crippen LogP contribution in [0.25, 0.3) is 5.82 Å². The van der Waals surface area contributed by atoms with Gasteiger partial charge < -0.3 is 19.3 Å². The zero-order valence-corrected chi connectivity index (χ0v) is 16.2. The number of nitrogens with one attached hydrogen (secondary N) is 1. The zero-order chi connectivity index (χ0) is 20.2. The van der Waals surface area contributed by atoms with Crippen molar-refractivity contribution < 1.29 is 19.1 Å². The Labute approximate surface area is 167 Å². The number of hydrogen-bond acceptors (Lipinski definition) is 8. The molecular weight excluding hydrogens is 380 g/mol. The number of carbonyl (C=O) groups is 2. The highest BCUT2D eigenvalue weighted by Gasteiger charge is 2.33. The number of rotatable bonds is 4. The highest BCUT2D eigenvalue weighted by atomic mass is 16.5. The first-order valence-electron chi connectivity index (χ1n) is 9.62. The molecule has 0 bridgehead atoms. The minimum atomic E-state index is -0.399. The van der Waals surface area contributed by atoms with Crippen molar-refractivity contribution in [2.24, 2.45) is 5.92 Å². The summed E-state index contributed by atoms with van der Waals surface area (Å²) in [6.45, 7) is 2.69. The van der Waals surface area contributed by atoms with E-state index < -0.39 is 5.92 Å². The highest BCUT2D eigenvalue weighted by molar-refractivity contribution is 5.97. The summed E-state index contributed by atoms with van der Waals surface area (Å²) >= 11 is 0. The van der Waals surface area contributed by atoms with Crippen LogP contribution in [0.2, 0.25) is 0 Å². The first-order chi connectivity index (χ1) is 14.2. The number of amides is 2. The Morgan fingerprint density at radius 1 is 1.24 bits per heavy atom. The van der Waals surface area contributed by atoms with E-state index in [2.05, 4.69) is 25.7 Å². The van der Waals surface area contributed by atoms with Crippen molar-refractivity contribution >= 4 is 11.8 Å². The van der Waals surface area contributed by atoms with Crippen LogP contribution in [0.4, 0.5) is 0 Å². The fourth-order valence-corrected chi connectivity index (χ4v) is 3.76. The number of piperidine rings is 1. The van der Waals surface area contributed by atoms with Gasteiger partial charge in [-0.2, -0.15) is 9.78 Å². The predicted molar refractivity (Wildman–Crippen MR) is 98.1 cm³/mol. The molecule has 0 aliphatic carbocycles. The summed E-state index contributed by atoms with van der Waals surface area (Å²) in [5.41, 5.74) is 0.339. The second kappa shape index (κ2) is 8.66. The minimum absolute atomic E-state index is 0.0205. The Morgan fingerprint density at radius 2 is 2.07 bits per heavy atom. The molecular formula is C17H24N8O4. The van der Waals surface area contributed by atoms with Crippen molar-refractivity contribution in [1.82, 2.24) is 40.2 Å². The van der Waals surface area contributed by atoms with Gasteiger partial charge in [-0.1, -0.05) is 0 Å². The van der Waals surface area contributed by atoms with Gasteiger partial charge in [-0.3, -0.25) is 14.7 Å². The number of nitrogens with zero attached hydrogens (tertiary/aromatic N) is 7. The van der Waals surface area contributed by atoms with E-state index >= 15 is 0 Å². The lowest BCUT2D eigenvalue weighted by Gasteiger charge is -2.34. The Balaban J connectivity index is 1.46. The second-order valence-electron chi connectivity index (χ2n) is 7.17. The number of hydrogen-bond donors (Lipinski definition) is 1. The largest absolute Gasteiger partial charge is 0.381 e. The number of tetrazole rings is 1. The molecule has 2 amide bonds. The molecule has 12 heteroatoms.